The second-order valence-electron chi connectivity index (χ2n) is 4.18. The average Bonchev–Trinajstić information content (AvgIpc) is 3.01. The van der Waals surface area contributed by atoms with Crippen molar-refractivity contribution in [2.24, 2.45) is 3.15 Å². The van der Waals surface area contributed by atoms with Gasteiger partial charge in [-0.2, -0.15) is 5.10 Å². The van der Waals surface area contributed by atoms with Crippen molar-refractivity contribution in [1.29, 1.82) is 0 Å². The monoisotopic (exact) mass is 428 g/mol. The zero-order chi connectivity index (χ0) is 15.5. The molecular weight excluding hydrogens is 419 g/mol. The summed E-state index contributed by atoms with van der Waals surface area (Å²) in [6.45, 7) is 0. The number of pyridine rings is 1. The number of esters is 1. The van der Waals surface area contributed by atoms with E-state index in [9.17, 15) is 4.79 Å². The van der Waals surface area contributed by atoms with Crippen LogP contribution in [0, 0.1) is 0 Å². The predicted molar refractivity (Wildman–Crippen MR) is 91.5 cm³/mol. The molecule has 3 rings (SSSR count). The lowest BCUT2D eigenvalue weighted by atomic mass is 10.2. The zero-order valence-corrected chi connectivity index (χ0v) is 14.3. The van der Waals surface area contributed by atoms with Gasteiger partial charge >= 0.3 is 5.97 Å². The number of ether oxygens (including phenoxy) is 1. The summed E-state index contributed by atoms with van der Waals surface area (Å²) in [6.07, 6.45) is 5.26. The summed E-state index contributed by atoms with van der Waals surface area (Å²) in [4.78, 5) is 16.1. The number of allylic oxidation sites excluding steroid dienone is 2. The smallest absolute Gasteiger partial charge is 0.358 e. The highest BCUT2D eigenvalue weighted by Crippen LogP contribution is 2.33. The van der Waals surface area contributed by atoms with Crippen molar-refractivity contribution in [1.82, 2.24) is 14.8 Å². The molecule has 0 amide bonds. The summed E-state index contributed by atoms with van der Waals surface area (Å²) >= 11 is 5.18. The molecule has 2 aromatic rings. The second kappa shape index (κ2) is 6.49. The molecule has 0 saturated heterocycles. The van der Waals surface area contributed by atoms with Crippen LogP contribution in [-0.4, -0.2) is 27.8 Å². The van der Waals surface area contributed by atoms with Gasteiger partial charge in [0.1, 0.15) is 8.86 Å². The second-order valence-corrected chi connectivity index (χ2v) is 6.64. The van der Waals surface area contributed by atoms with Gasteiger partial charge in [0.05, 0.1) is 39.5 Å². The molecule has 8 heteroatoms. The van der Waals surface area contributed by atoms with E-state index in [1.165, 1.54) is 7.11 Å². The van der Waals surface area contributed by atoms with E-state index in [1.807, 2.05) is 24.3 Å². The molecule has 0 unspecified atom stereocenters. The van der Waals surface area contributed by atoms with Gasteiger partial charge in [-0.3, -0.25) is 4.98 Å². The molecule has 0 saturated carbocycles. The van der Waals surface area contributed by atoms with E-state index in [1.54, 1.807) is 23.0 Å². The standard InChI is InChI=1S/C14H10ClIN4O2/c1-22-14(21)10-8-11(9-4-2-3-7-17-9)20(19-10)13-6-5-12(15)18-16-13/h2-8H,1H3. The van der Waals surface area contributed by atoms with Crippen molar-refractivity contribution in [3.63, 3.8) is 0 Å². The normalized spacial score (nSPS) is 13.9. The van der Waals surface area contributed by atoms with Crippen molar-refractivity contribution < 1.29 is 9.53 Å². The molecule has 1 aliphatic rings. The van der Waals surface area contributed by atoms with Crippen molar-refractivity contribution in [3.05, 3.63) is 53.5 Å². The molecule has 0 fully saturated rings. The lowest BCUT2D eigenvalue weighted by Gasteiger charge is -2.07. The van der Waals surface area contributed by atoms with Gasteiger partial charge < -0.3 is 4.74 Å². The van der Waals surface area contributed by atoms with Gasteiger partial charge in [-0.15, -0.1) is 0 Å². The van der Waals surface area contributed by atoms with Crippen LogP contribution < -0.4 is 0 Å². The minimum atomic E-state index is -0.683. The Morgan fingerprint density at radius 1 is 1.36 bits per heavy atom. The average molecular weight is 429 g/mol. The van der Waals surface area contributed by atoms with Crippen LogP contribution in [0.15, 0.2) is 50.9 Å². The number of halogens is 2. The van der Waals surface area contributed by atoms with Crippen LogP contribution in [-0.2, 0) is 4.74 Å². The van der Waals surface area contributed by atoms with E-state index in [2.05, 4.69) is 13.2 Å². The minimum absolute atomic E-state index is 0.230. The van der Waals surface area contributed by atoms with E-state index < -0.39 is 27.0 Å². The lowest BCUT2D eigenvalue weighted by molar-refractivity contribution is 0.0593. The first-order valence-corrected chi connectivity index (χ1v) is 8.64. The molecule has 1 aliphatic heterocycles. The van der Waals surface area contributed by atoms with Gasteiger partial charge in [0.25, 0.3) is 0 Å². The van der Waals surface area contributed by atoms with E-state index in [0.717, 1.165) is 9.40 Å². The molecule has 0 aliphatic carbocycles. The molecule has 0 N–H and O–H groups in total. The maximum atomic E-state index is 11.8. The summed E-state index contributed by atoms with van der Waals surface area (Å²) in [7, 11) is 1.33. The van der Waals surface area contributed by atoms with E-state index in [4.69, 9.17) is 16.3 Å². The third-order valence-electron chi connectivity index (χ3n) is 2.80. The molecule has 112 valence electrons. The van der Waals surface area contributed by atoms with Crippen molar-refractivity contribution >= 4 is 42.3 Å². The van der Waals surface area contributed by atoms with Crippen LogP contribution in [0.5, 0.6) is 0 Å². The topological polar surface area (TPSA) is 69.4 Å². The third-order valence-corrected chi connectivity index (χ3v) is 5.37. The first-order valence-electron chi connectivity index (χ1n) is 6.22. The largest absolute Gasteiger partial charge is 0.464 e. The van der Waals surface area contributed by atoms with Crippen LogP contribution in [0.2, 0.25) is 0 Å². The Morgan fingerprint density at radius 3 is 2.86 bits per heavy atom. The number of hydrogen-bond acceptors (Lipinski definition) is 5. The molecule has 0 radical (unpaired) electrons. The van der Waals surface area contributed by atoms with Gasteiger partial charge in [0.2, 0.25) is 0 Å². The SMILES string of the molecule is COC(=O)c1cc(-c2ccccn2)n(C2=CC=C(Cl)N=I2)n1. The summed E-state index contributed by atoms with van der Waals surface area (Å²) in [5.41, 5.74) is 1.66. The number of hydrogen-bond donors (Lipinski definition) is 0. The van der Waals surface area contributed by atoms with Crippen molar-refractivity contribution in [2.45, 2.75) is 0 Å². The van der Waals surface area contributed by atoms with Gasteiger partial charge in [0.15, 0.2) is 5.69 Å². The molecule has 22 heavy (non-hydrogen) atoms. The maximum absolute atomic E-state index is 11.8. The fraction of sp³-hybridized carbons (Fsp3) is 0.0714. The predicted octanol–water partition coefficient (Wildman–Crippen LogP) is 3.78. The number of nitrogens with zero attached hydrogens (tertiary/aromatic N) is 4. The Balaban J connectivity index is 2.14. The zero-order valence-electron chi connectivity index (χ0n) is 11.4. The Kier molecular flexibility index (Phi) is 4.44. The highest BCUT2D eigenvalue weighted by Gasteiger charge is 2.19. The third kappa shape index (κ3) is 3.00. The Morgan fingerprint density at radius 2 is 2.23 bits per heavy atom. The van der Waals surface area contributed by atoms with Crippen LogP contribution >= 0.6 is 32.6 Å². The summed E-state index contributed by atoms with van der Waals surface area (Å²) in [5.74, 6) is -0.490. The number of carbonyl (C=O) groups excluding carboxylic acids is 1. The Bertz CT molecular complexity index is 812. The quantitative estimate of drug-likeness (QED) is 0.424. The Labute approximate surface area is 141 Å². The molecule has 0 aromatic carbocycles. The summed E-state index contributed by atoms with van der Waals surface area (Å²) in [5, 5.41) is 4.82. The summed E-state index contributed by atoms with van der Waals surface area (Å²) in [6, 6.07) is 7.23. The fourth-order valence-corrected chi connectivity index (χ4v) is 3.66. The Hall–Kier alpha value is -1.87. The van der Waals surface area contributed by atoms with E-state index in [-0.39, 0.29) is 5.69 Å². The van der Waals surface area contributed by atoms with Gasteiger partial charge in [0, 0.05) is 12.3 Å². The highest BCUT2D eigenvalue weighted by atomic mass is 127. The fourth-order valence-electron chi connectivity index (χ4n) is 1.83. The first kappa shape index (κ1) is 15.0. The molecule has 0 atom stereocenters. The molecule has 6 nitrogen and oxygen atoms in total. The molecule has 0 bridgehead atoms. The molecular formula is C14H10ClIN4O2. The highest BCUT2D eigenvalue weighted by molar-refractivity contribution is 14.2. The van der Waals surface area contributed by atoms with E-state index in [0.29, 0.717) is 10.9 Å². The number of rotatable bonds is 3. The van der Waals surface area contributed by atoms with Crippen molar-refractivity contribution in [2.75, 3.05) is 7.11 Å². The van der Waals surface area contributed by atoms with Crippen LogP contribution in [0.25, 0.3) is 15.1 Å². The minimum Gasteiger partial charge on any atom is -0.464 e. The molecule has 2 aromatic heterocycles. The number of aromatic nitrogens is 3. The molecule has 3 heterocycles. The van der Waals surface area contributed by atoms with Gasteiger partial charge in [-0.1, -0.05) is 17.7 Å². The van der Waals surface area contributed by atoms with E-state index >= 15 is 0 Å². The lowest BCUT2D eigenvalue weighted by Crippen LogP contribution is -2.04. The first-order chi connectivity index (χ1) is 10.7. The summed E-state index contributed by atoms with van der Waals surface area (Å²) < 4.78 is 11.6. The van der Waals surface area contributed by atoms with Crippen LogP contribution in [0.1, 0.15) is 10.5 Å². The van der Waals surface area contributed by atoms with Crippen molar-refractivity contribution in [3.8, 4) is 11.4 Å². The van der Waals surface area contributed by atoms with Gasteiger partial charge in [-0.05, 0) is 24.3 Å². The number of methoxy groups -OCH3 is 1. The maximum Gasteiger partial charge on any atom is 0.358 e. The molecule has 0 spiro atoms. The van der Waals surface area contributed by atoms with Gasteiger partial charge in [-0.25, -0.2) is 12.6 Å². The van der Waals surface area contributed by atoms with Crippen LogP contribution in [0.3, 0.4) is 0 Å². The number of carbonyl (C=O) groups is 1. The van der Waals surface area contributed by atoms with Crippen LogP contribution in [0.4, 0.5) is 0 Å².